The van der Waals surface area contributed by atoms with E-state index in [-0.39, 0.29) is 5.54 Å². The molecule has 1 aliphatic heterocycles. The molecule has 0 fully saturated rings. The average molecular weight is 280 g/mol. The van der Waals surface area contributed by atoms with Gasteiger partial charge in [-0.2, -0.15) is 0 Å². The molecule has 3 nitrogen and oxygen atoms in total. The molecule has 1 atom stereocenters. The minimum absolute atomic E-state index is 0.0426. The summed E-state index contributed by atoms with van der Waals surface area (Å²) in [5.41, 5.74) is 7.06. The van der Waals surface area contributed by atoms with Crippen LogP contribution in [0.15, 0.2) is 29.3 Å². The van der Waals surface area contributed by atoms with E-state index in [9.17, 15) is 0 Å². The number of hydrogen-bond donors (Lipinski definition) is 1. The molecule has 1 aromatic rings. The zero-order valence-corrected chi connectivity index (χ0v) is 12.6. The molecule has 0 spiro atoms. The topological polar surface area (TPSA) is 41.6 Å². The fourth-order valence-electron chi connectivity index (χ4n) is 2.52. The van der Waals surface area contributed by atoms with E-state index < -0.39 is 0 Å². The van der Waals surface area contributed by atoms with Crippen molar-refractivity contribution in [3.05, 3.63) is 29.3 Å². The number of halogens is 1. The van der Waals surface area contributed by atoms with E-state index in [1.165, 1.54) is 0 Å². The maximum Gasteiger partial charge on any atom is 0.196 e. The first-order valence-corrected chi connectivity index (χ1v) is 7.16. The van der Waals surface area contributed by atoms with Crippen LogP contribution in [0.5, 0.6) is 0 Å². The first-order chi connectivity index (χ1) is 8.92. The second-order valence-corrected chi connectivity index (χ2v) is 6.36. The number of nitrogens with two attached hydrogens (primary N) is 1. The van der Waals surface area contributed by atoms with Crippen molar-refractivity contribution >= 4 is 23.2 Å². The van der Waals surface area contributed by atoms with Gasteiger partial charge < -0.3 is 10.6 Å². The molecule has 0 bridgehead atoms. The van der Waals surface area contributed by atoms with E-state index in [0.29, 0.717) is 11.9 Å². The van der Waals surface area contributed by atoms with E-state index in [0.717, 1.165) is 30.1 Å². The number of hydrogen-bond acceptors (Lipinski definition) is 3. The quantitative estimate of drug-likeness (QED) is 0.914. The Morgan fingerprint density at radius 3 is 2.84 bits per heavy atom. The van der Waals surface area contributed by atoms with Crippen LogP contribution in [0.2, 0.25) is 5.02 Å². The van der Waals surface area contributed by atoms with Crippen LogP contribution in [-0.4, -0.2) is 18.0 Å². The van der Waals surface area contributed by atoms with Crippen molar-refractivity contribution in [3.8, 4) is 0 Å². The summed E-state index contributed by atoms with van der Waals surface area (Å²) in [5, 5.41) is 0.725. The van der Waals surface area contributed by atoms with Crippen molar-refractivity contribution in [2.24, 2.45) is 16.6 Å². The molecule has 1 aromatic carbocycles. The zero-order chi connectivity index (χ0) is 14.0. The number of rotatable bonds is 4. The molecule has 0 radical (unpaired) electrons. The summed E-state index contributed by atoms with van der Waals surface area (Å²) >= 11 is 6.08. The Balaban J connectivity index is 2.26. The van der Waals surface area contributed by atoms with E-state index in [2.05, 4.69) is 30.7 Å². The van der Waals surface area contributed by atoms with Crippen molar-refractivity contribution < 1.29 is 0 Å². The minimum atomic E-state index is -0.0426. The second kappa shape index (κ2) is 5.41. The molecule has 1 aliphatic rings. The number of benzene rings is 1. The van der Waals surface area contributed by atoms with Crippen LogP contribution in [0, 0.1) is 5.92 Å². The average Bonchev–Trinajstić information content (AvgIpc) is 2.64. The number of nitrogens with zero attached hydrogens (tertiary/aromatic N) is 2. The van der Waals surface area contributed by atoms with E-state index >= 15 is 0 Å². The van der Waals surface area contributed by atoms with E-state index in [1.54, 1.807) is 0 Å². The normalized spacial score (nSPS) is 23.0. The maximum atomic E-state index is 6.08. The molecular formula is C15H22ClN3. The number of anilines is 1. The predicted octanol–water partition coefficient (Wildman–Crippen LogP) is 3.67. The van der Waals surface area contributed by atoms with Crippen LogP contribution >= 0.6 is 11.6 Å². The van der Waals surface area contributed by atoms with Gasteiger partial charge in [-0.05, 0) is 43.9 Å². The van der Waals surface area contributed by atoms with Gasteiger partial charge in [-0.3, -0.25) is 4.99 Å². The summed E-state index contributed by atoms with van der Waals surface area (Å²) in [6.45, 7) is 7.45. The fourth-order valence-corrected chi connectivity index (χ4v) is 2.70. The largest absolute Gasteiger partial charge is 0.369 e. The molecular weight excluding hydrogens is 258 g/mol. The van der Waals surface area contributed by atoms with E-state index in [4.69, 9.17) is 17.3 Å². The van der Waals surface area contributed by atoms with Gasteiger partial charge >= 0.3 is 0 Å². The van der Waals surface area contributed by atoms with Gasteiger partial charge in [-0.1, -0.05) is 31.5 Å². The lowest BCUT2D eigenvalue weighted by Crippen LogP contribution is -2.50. The summed E-state index contributed by atoms with van der Waals surface area (Å²) in [4.78, 5) is 6.56. The Bertz CT molecular complexity index is 484. The van der Waals surface area contributed by atoms with E-state index in [1.807, 2.05) is 24.3 Å². The molecule has 104 valence electrons. The minimum Gasteiger partial charge on any atom is -0.369 e. The molecule has 1 heterocycles. The standard InChI is InChI=1S/C15H22ClN3/c1-11(2)7-8-15(3)10-18-14(17)19(15)13-6-4-5-12(16)9-13/h4-6,9,11H,7-8,10H2,1-3H3,(H2,17,18). The predicted molar refractivity (Wildman–Crippen MR) is 82.9 cm³/mol. The van der Waals surface area contributed by atoms with Gasteiger partial charge in [0, 0.05) is 10.7 Å². The third kappa shape index (κ3) is 3.03. The summed E-state index contributed by atoms with van der Waals surface area (Å²) in [6, 6.07) is 7.81. The third-order valence-electron chi connectivity index (χ3n) is 3.68. The SMILES string of the molecule is CC(C)CCC1(C)CN=C(N)N1c1cccc(Cl)c1. The molecule has 2 N–H and O–H groups in total. The van der Waals surface area contributed by atoms with Crippen molar-refractivity contribution in [2.75, 3.05) is 11.4 Å². The second-order valence-electron chi connectivity index (χ2n) is 5.92. The molecule has 0 amide bonds. The third-order valence-corrected chi connectivity index (χ3v) is 3.91. The van der Waals surface area contributed by atoms with Crippen molar-refractivity contribution in [2.45, 2.75) is 39.2 Å². The van der Waals surface area contributed by atoms with Gasteiger partial charge in [0.25, 0.3) is 0 Å². The molecule has 0 aromatic heterocycles. The summed E-state index contributed by atoms with van der Waals surface area (Å²) in [7, 11) is 0. The maximum absolute atomic E-state index is 6.08. The van der Waals surface area contributed by atoms with Crippen LogP contribution in [0.1, 0.15) is 33.6 Å². The van der Waals surface area contributed by atoms with Gasteiger partial charge in [0.2, 0.25) is 0 Å². The Hall–Kier alpha value is -1.22. The first-order valence-electron chi connectivity index (χ1n) is 6.78. The molecule has 0 saturated heterocycles. The summed E-state index contributed by atoms with van der Waals surface area (Å²) in [5.74, 6) is 1.27. The van der Waals surface area contributed by atoms with Crippen LogP contribution in [-0.2, 0) is 0 Å². The van der Waals surface area contributed by atoms with Crippen molar-refractivity contribution in [1.82, 2.24) is 0 Å². The van der Waals surface area contributed by atoms with Crippen LogP contribution < -0.4 is 10.6 Å². The highest BCUT2D eigenvalue weighted by Gasteiger charge is 2.38. The molecule has 0 aliphatic carbocycles. The smallest absolute Gasteiger partial charge is 0.196 e. The first kappa shape index (κ1) is 14.2. The highest BCUT2D eigenvalue weighted by atomic mass is 35.5. The zero-order valence-electron chi connectivity index (χ0n) is 11.9. The Morgan fingerprint density at radius 1 is 1.47 bits per heavy atom. The number of guanidine groups is 1. The highest BCUT2D eigenvalue weighted by molar-refractivity contribution is 6.31. The van der Waals surface area contributed by atoms with Crippen LogP contribution in [0.3, 0.4) is 0 Å². The lowest BCUT2D eigenvalue weighted by Gasteiger charge is -2.36. The van der Waals surface area contributed by atoms with Gasteiger partial charge in [0.05, 0.1) is 12.1 Å². The highest BCUT2D eigenvalue weighted by Crippen LogP contribution is 2.34. The van der Waals surface area contributed by atoms with Gasteiger partial charge in [0.1, 0.15) is 0 Å². The molecule has 19 heavy (non-hydrogen) atoms. The summed E-state index contributed by atoms with van der Waals surface area (Å²) < 4.78 is 0. The van der Waals surface area contributed by atoms with Crippen LogP contribution in [0.25, 0.3) is 0 Å². The van der Waals surface area contributed by atoms with Gasteiger partial charge in [-0.15, -0.1) is 0 Å². The van der Waals surface area contributed by atoms with Crippen molar-refractivity contribution in [1.29, 1.82) is 0 Å². The summed E-state index contributed by atoms with van der Waals surface area (Å²) in [6.07, 6.45) is 2.23. The molecule has 2 rings (SSSR count). The molecule has 0 saturated carbocycles. The lowest BCUT2D eigenvalue weighted by molar-refractivity contribution is 0.407. The molecule has 4 heteroatoms. The molecule has 1 unspecified atom stereocenters. The Labute approximate surface area is 120 Å². The monoisotopic (exact) mass is 279 g/mol. The van der Waals surface area contributed by atoms with Crippen molar-refractivity contribution in [3.63, 3.8) is 0 Å². The van der Waals surface area contributed by atoms with Gasteiger partial charge in [0.15, 0.2) is 5.96 Å². The van der Waals surface area contributed by atoms with Crippen LogP contribution in [0.4, 0.5) is 5.69 Å². The number of aliphatic imine (C=N–C) groups is 1. The lowest BCUT2D eigenvalue weighted by atomic mass is 9.90. The van der Waals surface area contributed by atoms with Gasteiger partial charge in [-0.25, -0.2) is 0 Å². The fraction of sp³-hybridized carbons (Fsp3) is 0.533. The Morgan fingerprint density at radius 2 is 2.21 bits per heavy atom. The Kier molecular flexibility index (Phi) is 4.04.